The lowest BCUT2D eigenvalue weighted by molar-refractivity contribution is 0.0935. The molecule has 40 heavy (non-hydrogen) atoms. The van der Waals surface area contributed by atoms with E-state index in [2.05, 4.69) is 46.0 Å². The summed E-state index contributed by atoms with van der Waals surface area (Å²) in [5, 5.41) is 15.0. The van der Waals surface area contributed by atoms with Gasteiger partial charge in [-0.3, -0.25) is 19.7 Å². The second kappa shape index (κ2) is 11.3. The first-order valence-electron chi connectivity index (χ1n) is 12.1. The quantitative estimate of drug-likeness (QED) is 0.275. The maximum absolute atomic E-state index is 13.6. The van der Waals surface area contributed by atoms with Crippen LogP contribution < -0.4 is 10.6 Å². The number of hydrogen-bond acceptors (Lipinski definition) is 10. The van der Waals surface area contributed by atoms with E-state index in [1.165, 1.54) is 12.3 Å². The molecule has 5 aromatic heterocycles. The number of nitriles is 1. The van der Waals surface area contributed by atoms with Crippen LogP contribution in [0.5, 0.6) is 0 Å². The molecule has 1 amide bonds. The molecule has 1 unspecified atom stereocenters. The Morgan fingerprint density at radius 2 is 1.85 bits per heavy atom. The van der Waals surface area contributed by atoms with Gasteiger partial charge in [0.25, 0.3) is 5.91 Å². The molecule has 0 aliphatic rings. The van der Waals surface area contributed by atoms with Crippen molar-refractivity contribution in [1.29, 1.82) is 5.26 Å². The average Bonchev–Trinajstić information content (AvgIpc) is 3.41. The number of nitrogens with zero attached hydrogens (tertiary/aromatic N) is 7. The van der Waals surface area contributed by atoms with E-state index in [0.717, 1.165) is 22.8 Å². The normalized spacial score (nSPS) is 11.5. The summed E-state index contributed by atoms with van der Waals surface area (Å²) in [5.74, 6) is 0.702. The van der Waals surface area contributed by atoms with Gasteiger partial charge in [-0.25, -0.2) is 14.4 Å². The van der Waals surface area contributed by atoms with Gasteiger partial charge in [-0.15, -0.1) is 0 Å². The Hall–Kier alpha value is -5.15. The smallest absolute Gasteiger partial charge is 0.270 e. The SMILES string of the molecule is Cc1cc(Nc2cc(C#N)sn2)nc(-c2ccc(C(=O)NC(C)c3ccc(-c4cc(F)cnc4C)nc3)nc2)n1. The van der Waals surface area contributed by atoms with Crippen molar-refractivity contribution < 1.29 is 9.18 Å². The van der Waals surface area contributed by atoms with Crippen molar-refractivity contribution in [3.05, 3.63) is 94.4 Å². The van der Waals surface area contributed by atoms with Crippen LogP contribution in [0.4, 0.5) is 16.0 Å². The summed E-state index contributed by atoms with van der Waals surface area (Å²) in [5.41, 5.74) is 4.26. The van der Waals surface area contributed by atoms with Crippen LogP contribution in [0.3, 0.4) is 0 Å². The Bertz CT molecular complexity index is 1730. The van der Waals surface area contributed by atoms with Gasteiger partial charge < -0.3 is 10.6 Å². The van der Waals surface area contributed by atoms with Gasteiger partial charge in [-0.1, -0.05) is 6.07 Å². The van der Waals surface area contributed by atoms with Crippen LogP contribution in [-0.2, 0) is 0 Å². The monoisotopic (exact) mass is 551 g/mol. The zero-order chi connectivity index (χ0) is 28.2. The van der Waals surface area contributed by atoms with E-state index in [1.54, 1.807) is 49.6 Å². The van der Waals surface area contributed by atoms with E-state index in [4.69, 9.17) is 5.26 Å². The Balaban J connectivity index is 1.26. The summed E-state index contributed by atoms with van der Waals surface area (Å²) < 4.78 is 17.8. The molecule has 5 aromatic rings. The van der Waals surface area contributed by atoms with E-state index in [1.807, 2.05) is 19.9 Å². The van der Waals surface area contributed by atoms with Gasteiger partial charge in [0.1, 0.15) is 34.1 Å². The number of aryl methyl sites for hydroxylation is 2. The Morgan fingerprint density at radius 3 is 2.55 bits per heavy atom. The molecule has 10 nitrogen and oxygen atoms in total. The topological polar surface area (TPSA) is 142 Å². The fraction of sp³-hybridized carbons (Fsp3) is 0.143. The third-order valence-corrected chi connectivity index (χ3v) is 6.64. The molecular weight excluding hydrogens is 529 g/mol. The van der Waals surface area contributed by atoms with Gasteiger partial charge in [0.2, 0.25) is 0 Å². The molecule has 198 valence electrons. The van der Waals surface area contributed by atoms with Crippen molar-refractivity contribution in [2.45, 2.75) is 26.8 Å². The Labute approximate surface area is 233 Å². The number of carbonyl (C=O) groups is 1. The molecule has 0 spiro atoms. The van der Waals surface area contributed by atoms with Gasteiger partial charge in [-0.05, 0) is 62.1 Å². The van der Waals surface area contributed by atoms with Crippen molar-refractivity contribution in [3.63, 3.8) is 0 Å². The van der Waals surface area contributed by atoms with E-state index < -0.39 is 5.82 Å². The second-order valence-electron chi connectivity index (χ2n) is 8.92. The first-order chi connectivity index (χ1) is 19.3. The summed E-state index contributed by atoms with van der Waals surface area (Å²) in [7, 11) is 0. The van der Waals surface area contributed by atoms with E-state index in [9.17, 15) is 9.18 Å². The molecule has 0 aliphatic heterocycles. The summed E-state index contributed by atoms with van der Waals surface area (Å²) in [4.78, 5) is 35.1. The maximum Gasteiger partial charge on any atom is 0.270 e. The minimum absolute atomic E-state index is 0.235. The predicted octanol–water partition coefficient (Wildman–Crippen LogP) is 5.31. The van der Waals surface area contributed by atoms with Crippen LogP contribution in [0.2, 0.25) is 0 Å². The van der Waals surface area contributed by atoms with E-state index in [-0.39, 0.29) is 17.6 Å². The standard InChI is InChI=1S/C28H22FN9OS/c1-15-8-25(36-26-10-21(11-30)40-38-26)37-27(34-15)19-5-7-24(33-13-19)28(39)35-16(2)18-4-6-23(32-12-18)22-9-20(29)14-31-17(22)3/h4-10,12-14,16H,1-3H3,(H,35,39)(H,34,36,37,38). The molecule has 0 saturated carbocycles. The summed E-state index contributed by atoms with van der Waals surface area (Å²) in [6, 6.07) is 13.5. The zero-order valence-electron chi connectivity index (χ0n) is 21.7. The lowest BCUT2D eigenvalue weighted by atomic mass is 10.1. The fourth-order valence-corrected chi connectivity index (χ4v) is 4.38. The van der Waals surface area contributed by atoms with Crippen LogP contribution >= 0.6 is 11.5 Å². The zero-order valence-corrected chi connectivity index (χ0v) is 22.5. The van der Waals surface area contributed by atoms with Crippen molar-refractivity contribution in [2.75, 3.05) is 5.32 Å². The molecule has 2 N–H and O–H groups in total. The molecule has 5 heterocycles. The van der Waals surface area contributed by atoms with Crippen molar-refractivity contribution in [3.8, 4) is 28.7 Å². The van der Waals surface area contributed by atoms with Gasteiger partial charge in [-0.2, -0.15) is 9.64 Å². The third kappa shape index (κ3) is 5.95. The van der Waals surface area contributed by atoms with Gasteiger partial charge in [0, 0.05) is 47.0 Å². The van der Waals surface area contributed by atoms with Crippen molar-refractivity contribution >= 4 is 29.1 Å². The number of aromatic nitrogens is 6. The lowest BCUT2D eigenvalue weighted by Crippen LogP contribution is -2.27. The molecule has 12 heteroatoms. The minimum atomic E-state index is -0.428. The van der Waals surface area contributed by atoms with Crippen LogP contribution in [0.15, 0.2) is 61.1 Å². The van der Waals surface area contributed by atoms with Crippen molar-refractivity contribution in [2.24, 2.45) is 0 Å². The second-order valence-corrected chi connectivity index (χ2v) is 9.73. The first-order valence-corrected chi connectivity index (χ1v) is 12.9. The number of pyridine rings is 3. The molecule has 0 radical (unpaired) electrons. The summed E-state index contributed by atoms with van der Waals surface area (Å²) >= 11 is 1.10. The third-order valence-electron chi connectivity index (χ3n) is 5.95. The van der Waals surface area contributed by atoms with Crippen molar-refractivity contribution in [1.82, 2.24) is 34.6 Å². The van der Waals surface area contributed by atoms with Crippen LogP contribution in [0, 0.1) is 31.0 Å². The highest BCUT2D eigenvalue weighted by Crippen LogP contribution is 2.24. The lowest BCUT2D eigenvalue weighted by Gasteiger charge is -2.14. The number of hydrogen-bond donors (Lipinski definition) is 2. The molecule has 0 saturated heterocycles. The minimum Gasteiger partial charge on any atom is -0.344 e. The molecule has 5 rings (SSSR count). The highest BCUT2D eigenvalue weighted by Gasteiger charge is 2.15. The largest absolute Gasteiger partial charge is 0.344 e. The van der Waals surface area contributed by atoms with E-state index >= 15 is 0 Å². The number of amides is 1. The predicted molar refractivity (Wildman–Crippen MR) is 148 cm³/mol. The number of nitrogens with one attached hydrogen (secondary N) is 2. The molecule has 1 atom stereocenters. The highest BCUT2D eigenvalue weighted by atomic mass is 32.1. The summed E-state index contributed by atoms with van der Waals surface area (Å²) in [6.45, 7) is 5.47. The molecule has 0 bridgehead atoms. The number of halogens is 1. The molecule has 0 fully saturated rings. The number of anilines is 2. The Morgan fingerprint density at radius 1 is 1.00 bits per heavy atom. The van der Waals surface area contributed by atoms with Crippen LogP contribution in [0.25, 0.3) is 22.6 Å². The highest BCUT2D eigenvalue weighted by molar-refractivity contribution is 7.06. The fourth-order valence-electron chi connectivity index (χ4n) is 3.88. The van der Waals surface area contributed by atoms with Gasteiger partial charge >= 0.3 is 0 Å². The Kier molecular flexibility index (Phi) is 7.48. The van der Waals surface area contributed by atoms with Gasteiger partial charge in [0.05, 0.1) is 17.9 Å². The van der Waals surface area contributed by atoms with E-state index in [0.29, 0.717) is 44.9 Å². The summed E-state index contributed by atoms with van der Waals surface area (Å²) in [6.07, 6.45) is 4.36. The molecule has 0 aromatic carbocycles. The molecular formula is C28H22FN9OS. The van der Waals surface area contributed by atoms with Crippen LogP contribution in [0.1, 0.15) is 45.3 Å². The van der Waals surface area contributed by atoms with Gasteiger partial charge in [0.15, 0.2) is 5.82 Å². The average molecular weight is 552 g/mol. The maximum atomic E-state index is 13.6. The first kappa shape index (κ1) is 26.5. The van der Waals surface area contributed by atoms with Crippen LogP contribution in [-0.4, -0.2) is 35.2 Å². The number of carbonyl (C=O) groups excluding carboxylic acids is 1. The number of rotatable bonds is 7. The molecule has 0 aliphatic carbocycles.